The van der Waals surface area contributed by atoms with Crippen molar-refractivity contribution < 1.29 is 28.6 Å². The minimum absolute atomic E-state index is 0.0443. The number of amides is 1. The lowest BCUT2D eigenvalue weighted by Gasteiger charge is -2.20. The lowest BCUT2D eigenvalue weighted by atomic mass is 10.00. The lowest BCUT2D eigenvalue weighted by molar-refractivity contribution is -0.132. The Labute approximate surface area is 266 Å². The number of aliphatic carboxylic acids is 1. The normalized spacial score (nSPS) is 12.4. The third kappa shape index (κ3) is 10.1. The summed E-state index contributed by atoms with van der Waals surface area (Å²) in [5.41, 5.74) is 1.67. The minimum atomic E-state index is -1.11. The molecule has 11 heteroatoms. The number of ether oxygens (including phenoxy) is 2. The first-order valence-electron chi connectivity index (χ1n) is 14.3. The molecule has 3 rings (SSSR count). The number of nitrogens with zero attached hydrogens (tertiary/aromatic N) is 1. The lowest BCUT2D eigenvalue weighted by Crippen LogP contribution is -2.12. The monoisotopic (exact) mass is 650 g/mol. The molecule has 2 aromatic carbocycles. The topological polar surface area (TPSA) is 97.8 Å². The summed E-state index contributed by atoms with van der Waals surface area (Å²) >= 11 is 13.8. The number of anilines is 1. The average molecular weight is 652 g/mol. The summed E-state index contributed by atoms with van der Waals surface area (Å²) in [6.07, 6.45) is 6.27. The maximum atomic E-state index is 15.9. The third-order valence-corrected chi connectivity index (χ3v) is 8.01. The van der Waals surface area contributed by atoms with E-state index in [0.29, 0.717) is 42.0 Å². The number of carboxylic acids is 1. The summed E-state index contributed by atoms with van der Waals surface area (Å²) in [5, 5.41) is 14.0. The molecule has 0 aliphatic carbocycles. The second-order valence-corrected chi connectivity index (χ2v) is 11.7. The molecule has 2 N–H and O–H groups in total. The van der Waals surface area contributed by atoms with Crippen molar-refractivity contribution in [2.45, 2.75) is 65.4 Å². The maximum Gasteiger partial charge on any atom is 0.331 e. The number of hydrogen-bond acceptors (Lipinski definition) is 6. The molecule has 1 heterocycles. The van der Waals surface area contributed by atoms with Crippen molar-refractivity contribution in [2.75, 3.05) is 25.1 Å². The van der Waals surface area contributed by atoms with Gasteiger partial charge in [0.1, 0.15) is 5.82 Å². The van der Waals surface area contributed by atoms with E-state index in [0.717, 1.165) is 50.0 Å². The van der Waals surface area contributed by atoms with Crippen LogP contribution in [0.2, 0.25) is 10.0 Å². The number of rotatable bonds is 17. The van der Waals surface area contributed by atoms with Crippen molar-refractivity contribution >= 4 is 57.6 Å². The van der Waals surface area contributed by atoms with Gasteiger partial charge in [-0.3, -0.25) is 10.1 Å². The first kappa shape index (κ1) is 34.7. The molecule has 0 saturated heterocycles. The number of carbonyl (C=O) groups excluding carboxylic acids is 1. The maximum absolute atomic E-state index is 15.9. The SMILES string of the molecule is CCCCOCCCC(OCCCC)c1cccc(-c2csc(NC(=O)c3cc(Cl)c(/C=C(\C)C(=O)O)c(Cl)c3)n2)c1F. The summed E-state index contributed by atoms with van der Waals surface area (Å²) in [6, 6.07) is 7.98. The van der Waals surface area contributed by atoms with Gasteiger partial charge < -0.3 is 14.6 Å². The van der Waals surface area contributed by atoms with E-state index < -0.39 is 23.8 Å². The van der Waals surface area contributed by atoms with E-state index in [2.05, 4.69) is 24.1 Å². The van der Waals surface area contributed by atoms with Gasteiger partial charge >= 0.3 is 5.97 Å². The van der Waals surface area contributed by atoms with Crippen LogP contribution < -0.4 is 5.32 Å². The fourth-order valence-corrected chi connectivity index (χ4v) is 5.47. The summed E-state index contributed by atoms with van der Waals surface area (Å²) in [4.78, 5) is 28.6. The minimum Gasteiger partial charge on any atom is -0.478 e. The molecule has 1 unspecified atom stereocenters. The Morgan fingerprint density at radius 2 is 1.77 bits per heavy atom. The molecule has 1 atom stereocenters. The summed E-state index contributed by atoms with van der Waals surface area (Å²) in [7, 11) is 0. The number of hydrogen-bond donors (Lipinski definition) is 2. The highest BCUT2D eigenvalue weighted by Gasteiger charge is 2.21. The molecule has 1 aromatic heterocycles. The predicted octanol–water partition coefficient (Wildman–Crippen LogP) is 9.45. The van der Waals surface area contributed by atoms with Gasteiger partial charge in [-0.25, -0.2) is 14.2 Å². The van der Waals surface area contributed by atoms with Crippen LogP contribution >= 0.6 is 34.5 Å². The quantitative estimate of drug-likeness (QED) is 0.112. The molecule has 0 fully saturated rings. The molecule has 0 saturated carbocycles. The largest absolute Gasteiger partial charge is 0.478 e. The van der Waals surface area contributed by atoms with Gasteiger partial charge in [0, 0.05) is 53.0 Å². The molecule has 7 nitrogen and oxygen atoms in total. The van der Waals surface area contributed by atoms with Gasteiger partial charge in [0.05, 0.1) is 21.8 Å². The number of thiazole rings is 1. The second kappa shape index (κ2) is 17.5. The van der Waals surface area contributed by atoms with Crippen LogP contribution in [-0.4, -0.2) is 41.8 Å². The zero-order valence-electron chi connectivity index (χ0n) is 24.6. The Bertz CT molecular complexity index is 1410. The van der Waals surface area contributed by atoms with Crippen LogP contribution in [0, 0.1) is 5.82 Å². The molecule has 0 aliphatic heterocycles. The molecule has 0 radical (unpaired) electrons. The van der Waals surface area contributed by atoms with Gasteiger partial charge in [-0.05, 0) is 56.9 Å². The van der Waals surface area contributed by atoms with Crippen LogP contribution in [-0.2, 0) is 14.3 Å². The van der Waals surface area contributed by atoms with E-state index in [1.165, 1.54) is 25.1 Å². The smallest absolute Gasteiger partial charge is 0.331 e. The van der Waals surface area contributed by atoms with Crippen LogP contribution in [0.15, 0.2) is 41.3 Å². The van der Waals surface area contributed by atoms with Crippen LogP contribution in [0.4, 0.5) is 9.52 Å². The molecule has 1 amide bonds. The standard InChI is InChI=1S/C32H37Cl2FN2O5S/c1-4-6-13-41-14-9-12-28(42-15-7-5-2)23-11-8-10-22(29(23)35)27-19-43-32(36-27)37-30(38)21-17-25(33)24(26(34)18-21)16-20(3)31(39)40/h8,10-11,16-19,28H,4-7,9,12-15H2,1-3H3,(H,39,40)(H,36,37,38)/b20-16+. The van der Waals surface area contributed by atoms with E-state index in [4.69, 9.17) is 37.8 Å². The van der Waals surface area contributed by atoms with Crippen molar-refractivity contribution in [1.29, 1.82) is 0 Å². The Hall–Kier alpha value is -2.82. The van der Waals surface area contributed by atoms with Crippen LogP contribution in [0.5, 0.6) is 0 Å². The highest BCUT2D eigenvalue weighted by molar-refractivity contribution is 7.14. The highest BCUT2D eigenvalue weighted by atomic mass is 35.5. The third-order valence-electron chi connectivity index (χ3n) is 6.63. The summed E-state index contributed by atoms with van der Waals surface area (Å²) in [6.45, 7) is 7.48. The fourth-order valence-electron chi connectivity index (χ4n) is 4.17. The van der Waals surface area contributed by atoms with Crippen LogP contribution in [0.1, 0.15) is 86.9 Å². The number of aromatic nitrogens is 1. The zero-order chi connectivity index (χ0) is 31.4. The van der Waals surface area contributed by atoms with Crippen molar-refractivity contribution in [3.63, 3.8) is 0 Å². The number of benzene rings is 2. The van der Waals surface area contributed by atoms with Crippen molar-refractivity contribution in [1.82, 2.24) is 4.98 Å². The molecular formula is C32H37Cl2FN2O5S. The number of nitrogens with one attached hydrogen (secondary N) is 1. The fraction of sp³-hybridized carbons (Fsp3) is 0.406. The first-order chi connectivity index (χ1) is 20.7. The molecular weight excluding hydrogens is 614 g/mol. The van der Waals surface area contributed by atoms with Crippen molar-refractivity contribution in [3.05, 3.63) is 73.8 Å². The first-order valence-corrected chi connectivity index (χ1v) is 15.9. The Balaban J connectivity index is 1.76. The number of unbranched alkanes of at least 4 members (excludes halogenated alkanes) is 2. The van der Waals surface area contributed by atoms with Gasteiger partial charge in [-0.1, -0.05) is 62.0 Å². The summed E-state index contributed by atoms with van der Waals surface area (Å²) in [5.74, 6) is -2.03. The Kier molecular flexibility index (Phi) is 14.1. The molecule has 0 bridgehead atoms. The zero-order valence-corrected chi connectivity index (χ0v) is 26.9. The van der Waals surface area contributed by atoms with E-state index in [-0.39, 0.29) is 26.3 Å². The van der Waals surface area contributed by atoms with Gasteiger partial charge in [-0.15, -0.1) is 11.3 Å². The predicted molar refractivity (Wildman–Crippen MR) is 172 cm³/mol. The van der Waals surface area contributed by atoms with E-state index >= 15 is 4.39 Å². The average Bonchev–Trinajstić information content (AvgIpc) is 3.43. The van der Waals surface area contributed by atoms with E-state index in [9.17, 15) is 9.59 Å². The summed E-state index contributed by atoms with van der Waals surface area (Å²) < 4.78 is 27.7. The number of carbonyl (C=O) groups is 2. The molecule has 3 aromatic rings. The van der Waals surface area contributed by atoms with E-state index in [1.807, 2.05) is 0 Å². The van der Waals surface area contributed by atoms with Gasteiger partial charge in [0.25, 0.3) is 5.91 Å². The highest BCUT2D eigenvalue weighted by Crippen LogP contribution is 2.34. The molecule has 0 aliphatic rings. The van der Waals surface area contributed by atoms with Gasteiger partial charge in [0.2, 0.25) is 0 Å². The van der Waals surface area contributed by atoms with E-state index in [1.54, 1.807) is 23.6 Å². The van der Waals surface area contributed by atoms with Crippen LogP contribution in [0.25, 0.3) is 17.3 Å². The number of halogens is 3. The van der Waals surface area contributed by atoms with Crippen LogP contribution in [0.3, 0.4) is 0 Å². The van der Waals surface area contributed by atoms with Crippen molar-refractivity contribution in [3.8, 4) is 11.3 Å². The molecule has 232 valence electrons. The number of carboxylic acid groups (broad SMARTS) is 1. The second-order valence-electron chi connectivity index (χ2n) is 10.0. The van der Waals surface area contributed by atoms with Gasteiger partial charge in [-0.2, -0.15) is 0 Å². The molecule has 0 spiro atoms. The van der Waals surface area contributed by atoms with Gasteiger partial charge in [0.15, 0.2) is 5.13 Å². The van der Waals surface area contributed by atoms with Crippen molar-refractivity contribution in [2.24, 2.45) is 0 Å². The molecule has 43 heavy (non-hydrogen) atoms. The Morgan fingerprint density at radius 3 is 2.44 bits per heavy atom. The Morgan fingerprint density at radius 1 is 1.09 bits per heavy atom.